The fourth-order valence-electron chi connectivity index (χ4n) is 4.11. The molecule has 0 atom stereocenters. The van der Waals surface area contributed by atoms with Gasteiger partial charge in [-0.25, -0.2) is 14.6 Å². The first-order chi connectivity index (χ1) is 16.1. The van der Waals surface area contributed by atoms with Crippen molar-refractivity contribution < 1.29 is 14.1 Å². The zero-order chi connectivity index (χ0) is 22.8. The first-order valence-corrected chi connectivity index (χ1v) is 11.1. The Bertz CT molecular complexity index is 1240. The number of hydrogen-bond acceptors (Lipinski definition) is 9. The number of nitrogens with two attached hydrogens (primary N) is 1. The maximum atomic E-state index is 6.06. The third-order valence-corrected chi connectivity index (χ3v) is 6.00. The summed E-state index contributed by atoms with van der Waals surface area (Å²) < 4.78 is 18.8. The van der Waals surface area contributed by atoms with Crippen molar-refractivity contribution in [1.82, 2.24) is 29.7 Å². The minimum absolute atomic E-state index is 0.196. The summed E-state index contributed by atoms with van der Waals surface area (Å²) in [4.78, 5) is 11.4. The van der Waals surface area contributed by atoms with Crippen LogP contribution in [0.1, 0.15) is 19.8 Å². The van der Waals surface area contributed by atoms with E-state index in [2.05, 4.69) is 32.2 Å². The van der Waals surface area contributed by atoms with Crippen LogP contribution in [0.5, 0.6) is 17.4 Å². The SMILES string of the molecule is CCn1c(-c2nonc2N)nc2cnc(Oc3cccc(OCC4CCN(C)CC4)c3)cc21. The van der Waals surface area contributed by atoms with Gasteiger partial charge in [0.25, 0.3) is 0 Å². The minimum Gasteiger partial charge on any atom is -0.493 e. The number of fused-ring (bicyclic) bond motifs is 1. The number of nitrogen functional groups attached to an aromatic ring is 1. The van der Waals surface area contributed by atoms with Gasteiger partial charge < -0.3 is 24.7 Å². The largest absolute Gasteiger partial charge is 0.493 e. The van der Waals surface area contributed by atoms with Gasteiger partial charge in [0.15, 0.2) is 17.3 Å². The molecule has 172 valence electrons. The molecule has 1 saturated heterocycles. The van der Waals surface area contributed by atoms with Crippen molar-refractivity contribution in [2.45, 2.75) is 26.3 Å². The topological polar surface area (TPSA) is 117 Å². The fourth-order valence-corrected chi connectivity index (χ4v) is 4.11. The quantitative estimate of drug-likeness (QED) is 0.451. The third kappa shape index (κ3) is 4.47. The molecular weight excluding hydrogens is 422 g/mol. The maximum Gasteiger partial charge on any atom is 0.221 e. The van der Waals surface area contributed by atoms with Gasteiger partial charge in [-0.1, -0.05) is 6.07 Å². The standard InChI is InChI=1S/C23H27N7O3/c1-3-30-19-12-20(25-13-18(19)26-23(30)21-22(24)28-33-27-21)32-17-6-4-5-16(11-17)31-14-15-7-9-29(2)10-8-15/h4-6,11-13,15H,3,7-10,14H2,1-2H3,(H2,24,28). The average molecular weight is 450 g/mol. The Morgan fingerprint density at radius 2 is 1.97 bits per heavy atom. The van der Waals surface area contributed by atoms with Crippen LogP contribution in [-0.2, 0) is 6.54 Å². The first-order valence-electron chi connectivity index (χ1n) is 11.1. The van der Waals surface area contributed by atoms with Crippen molar-refractivity contribution in [3.8, 4) is 28.9 Å². The lowest BCUT2D eigenvalue weighted by Gasteiger charge is -2.28. The van der Waals surface area contributed by atoms with Crippen molar-refractivity contribution in [1.29, 1.82) is 0 Å². The van der Waals surface area contributed by atoms with Crippen LogP contribution in [0, 0.1) is 5.92 Å². The number of likely N-dealkylation sites (tertiary alicyclic amines) is 1. The number of piperidine rings is 1. The molecule has 10 nitrogen and oxygen atoms in total. The molecule has 4 heterocycles. The van der Waals surface area contributed by atoms with Gasteiger partial charge in [-0.3, -0.25) is 0 Å². The van der Waals surface area contributed by atoms with E-state index in [1.54, 1.807) is 6.20 Å². The molecule has 33 heavy (non-hydrogen) atoms. The second-order valence-electron chi connectivity index (χ2n) is 8.32. The van der Waals surface area contributed by atoms with Crippen molar-refractivity contribution in [3.63, 3.8) is 0 Å². The lowest BCUT2D eigenvalue weighted by Crippen LogP contribution is -2.32. The van der Waals surface area contributed by atoms with Gasteiger partial charge in [-0.2, -0.15) is 0 Å². The van der Waals surface area contributed by atoms with Crippen LogP contribution in [-0.4, -0.2) is 56.5 Å². The average Bonchev–Trinajstić information content (AvgIpc) is 3.41. The highest BCUT2D eigenvalue weighted by atomic mass is 16.6. The highest BCUT2D eigenvalue weighted by molar-refractivity contribution is 5.81. The van der Waals surface area contributed by atoms with Gasteiger partial charge in [-0.15, -0.1) is 0 Å². The minimum atomic E-state index is 0.196. The highest BCUT2D eigenvalue weighted by Crippen LogP contribution is 2.30. The second kappa shape index (κ2) is 9.07. The van der Waals surface area contributed by atoms with Gasteiger partial charge in [0.05, 0.1) is 18.3 Å². The molecule has 1 aromatic carbocycles. The summed E-state index contributed by atoms with van der Waals surface area (Å²) in [5.41, 5.74) is 7.84. The number of rotatable bonds is 7. The van der Waals surface area contributed by atoms with Crippen molar-refractivity contribution in [2.24, 2.45) is 5.92 Å². The molecule has 0 spiro atoms. The van der Waals surface area contributed by atoms with Gasteiger partial charge in [0.1, 0.15) is 17.0 Å². The Morgan fingerprint density at radius 3 is 2.73 bits per heavy atom. The predicted molar refractivity (Wildman–Crippen MR) is 123 cm³/mol. The number of aryl methyl sites for hydroxylation is 1. The highest BCUT2D eigenvalue weighted by Gasteiger charge is 2.20. The van der Waals surface area contributed by atoms with Crippen LogP contribution in [0.25, 0.3) is 22.6 Å². The first kappa shape index (κ1) is 21.2. The molecule has 0 radical (unpaired) electrons. The Labute approximate surface area is 191 Å². The molecule has 1 fully saturated rings. The monoisotopic (exact) mass is 449 g/mol. The van der Waals surface area contributed by atoms with E-state index in [1.165, 1.54) is 12.8 Å². The normalized spacial score (nSPS) is 15.2. The number of pyridine rings is 1. The van der Waals surface area contributed by atoms with Crippen LogP contribution in [0.3, 0.4) is 0 Å². The van der Waals surface area contributed by atoms with Crippen LogP contribution < -0.4 is 15.2 Å². The van der Waals surface area contributed by atoms with Gasteiger partial charge in [0, 0.05) is 18.7 Å². The number of hydrogen-bond donors (Lipinski definition) is 1. The van der Waals surface area contributed by atoms with Crippen LogP contribution >= 0.6 is 0 Å². The lowest BCUT2D eigenvalue weighted by atomic mass is 9.98. The number of imidazole rings is 1. The third-order valence-electron chi connectivity index (χ3n) is 6.00. The fraction of sp³-hybridized carbons (Fsp3) is 0.391. The van der Waals surface area contributed by atoms with E-state index in [1.807, 2.05) is 41.8 Å². The van der Waals surface area contributed by atoms with E-state index >= 15 is 0 Å². The molecular formula is C23H27N7O3. The van der Waals surface area contributed by atoms with E-state index in [9.17, 15) is 0 Å². The number of benzene rings is 1. The van der Waals surface area contributed by atoms with Gasteiger partial charge in [0.2, 0.25) is 5.88 Å². The molecule has 3 aromatic heterocycles. The summed E-state index contributed by atoms with van der Waals surface area (Å²) in [5.74, 6) is 3.28. The zero-order valence-electron chi connectivity index (χ0n) is 18.8. The lowest BCUT2D eigenvalue weighted by molar-refractivity contribution is 0.160. The second-order valence-corrected chi connectivity index (χ2v) is 8.32. The Balaban J connectivity index is 1.33. The predicted octanol–water partition coefficient (Wildman–Crippen LogP) is 3.60. The number of ether oxygens (including phenoxy) is 2. The van der Waals surface area contributed by atoms with Crippen LogP contribution in [0.4, 0.5) is 5.82 Å². The van der Waals surface area contributed by atoms with E-state index < -0.39 is 0 Å². The molecule has 0 bridgehead atoms. The molecule has 0 aliphatic carbocycles. The zero-order valence-corrected chi connectivity index (χ0v) is 18.8. The number of aromatic nitrogens is 5. The summed E-state index contributed by atoms with van der Waals surface area (Å²) in [6.45, 7) is 5.64. The van der Waals surface area contributed by atoms with Crippen molar-refractivity contribution in [3.05, 3.63) is 36.5 Å². The molecule has 0 saturated carbocycles. The van der Waals surface area contributed by atoms with Crippen molar-refractivity contribution >= 4 is 16.9 Å². The van der Waals surface area contributed by atoms with E-state index in [4.69, 9.17) is 19.8 Å². The Kier molecular flexibility index (Phi) is 5.82. The molecule has 1 aliphatic rings. The summed E-state index contributed by atoms with van der Waals surface area (Å²) >= 11 is 0. The Morgan fingerprint density at radius 1 is 1.15 bits per heavy atom. The summed E-state index contributed by atoms with van der Waals surface area (Å²) in [6.07, 6.45) is 4.00. The Hall–Kier alpha value is -3.66. The molecule has 0 amide bonds. The molecule has 4 aromatic rings. The molecule has 10 heteroatoms. The number of nitrogens with zero attached hydrogens (tertiary/aromatic N) is 6. The van der Waals surface area contributed by atoms with Gasteiger partial charge in [-0.05, 0) is 68.3 Å². The van der Waals surface area contributed by atoms with Gasteiger partial charge >= 0.3 is 0 Å². The van der Waals surface area contributed by atoms with Crippen LogP contribution in [0.15, 0.2) is 41.2 Å². The van der Waals surface area contributed by atoms with Crippen LogP contribution in [0.2, 0.25) is 0 Å². The van der Waals surface area contributed by atoms with E-state index in [-0.39, 0.29) is 5.82 Å². The molecule has 1 aliphatic heterocycles. The molecule has 2 N–H and O–H groups in total. The molecule has 0 unspecified atom stereocenters. The smallest absolute Gasteiger partial charge is 0.221 e. The van der Waals surface area contributed by atoms with E-state index in [0.717, 1.165) is 31.0 Å². The summed E-state index contributed by atoms with van der Waals surface area (Å²) in [7, 11) is 2.17. The maximum absolute atomic E-state index is 6.06. The summed E-state index contributed by atoms with van der Waals surface area (Å²) in [5, 5.41) is 7.53. The summed E-state index contributed by atoms with van der Waals surface area (Å²) in [6, 6.07) is 9.51. The number of anilines is 1. The van der Waals surface area contributed by atoms with Crippen molar-refractivity contribution in [2.75, 3.05) is 32.5 Å². The van der Waals surface area contributed by atoms with E-state index in [0.29, 0.717) is 41.1 Å². The molecule has 5 rings (SSSR count).